The summed E-state index contributed by atoms with van der Waals surface area (Å²) in [7, 11) is 0. The van der Waals surface area contributed by atoms with E-state index in [1.54, 1.807) is 0 Å². The molecule has 1 atom stereocenters. The van der Waals surface area contributed by atoms with Crippen molar-refractivity contribution in [3.05, 3.63) is 0 Å². The number of hydrogen-bond donors (Lipinski definition) is 4. The molecule has 0 aromatic rings. The summed E-state index contributed by atoms with van der Waals surface area (Å²) in [5.74, 6) is -1.22. The molecule has 7 heteroatoms. The van der Waals surface area contributed by atoms with Gasteiger partial charge in [0.2, 0.25) is 5.91 Å². The van der Waals surface area contributed by atoms with Crippen molar-refractivity contribution in [2.45, 2.75) is 65.0 Å². The Hall–Kier alpha value is -1.79. The molecule has 0 radical (unpaired) electrons. The van der Waals surface area contributed by atoms with Crippen LogP contribution in [0.3, 0.4) is 0 Å². The van der Waals surface area contributed by atoms with E-state index in [2.05, 4.69) is 16.0 Å². The Labute approximate surface area is 125 Å². The maximum Gasteiger partial charge on any atom is 0.326 e. The van der Waals surface area contributed by atoms with E-state index in [-0.39, 0.29) is 24.4 Å². The van der Waals surface area contributed by atoms with Gasteiger partial charge in [-0.3, -0.25) is 4.79 Å². The number of carbonyl (C=O) groups is 3. The molecular formula is C14H27N3O4. The maximum absolute atomic E-state index is 11.6. The molecule has 0 heterocycles. The SMILES string of the molecule is CCCCC(NC(=O)NCCC(=O)NC(C)(C)C)C(=O)O. The zero-order valence-electron chi connectivity index (χ0n) is 13.3. The second-order valence-corrected chi connectivity index (χ2v) is 5.98. The van der Waals surface area contributed by atoms with E-state index >= 15 is 0 Å². The highest BCUT2D eigenvalue weighted by atomic mass is 16.4. The third-order valence-corrected chi connectivity index (χ3v) is 2.60. The first-order chi connectivity index (χ1) is 9.65. The van der Waals surface area contributed by atoms with Gasteiger partial charge in [-0.05, 0) is 27.2 Å². The van der Waals surface area contributed by atoms with E-state index in [0.717, 1.165) is 12.8 Å². The van der Waals surface area contributed by atoms with Crippen LogP contribution in [-0.2, 0) is 9.59 Å². The summed E-state index contributed by atoms with van der Waals surface area (Å²) in [4.78, 5) is 34.1. The van der Waals surface area contributed by atoms with Gasteiger partial charge in [0.05, 0.1) is 0 Å². The first-order valence-electron chi connectivity index (χ1n) is 7.24. The monoisotopic (exact) mass is 301 g/mol. The third-order valence-electron chi connectivity index (χ3n) is 2.60. The number of carboxylic acids is 1. The quantitative estimate of drug-likeness (QED) is 0.541. The molecular weight excluding hydrogens is 274 g/mol. The van der Waals surface area contributed by atoms with E-state index in [0.29, 0.717) is 6.42 Å². The average Bonchev–Trinajstić information content (AvgIpc) is 2.31. The Morgan fingerprint density at radius 1 is 1.19 bits per heavy atom. The van der Waals surface area contributed by atoms with Crippen molar-refractivity contribution in [2.75, 3.05) is 6.54 Å². The number of urea groups is 1. The number of carbonyl (C=O) groups excluding carboxylic acids is 2. The van der Waals surface area contributed by atoms with Gasteiger partial charge in [-0.25, -0.2) is 9.59 Å². The first kappa shape index (κ1) is 19.2. The molecule has 21 heavy (non-hydrogen) atoms. The molecule has 0 saturated carbocycles. The Kier molecular flexibility index (Phi) is 8.42. The lowest BCUT2D eigenvalue weighted by Gasteiger charge is -2.20. The van der Waals surface area contributed by atoms with Gasteiger partial charge in [0.1, 0.15) is 6.04 Å². The largest absolute Gasteiger partial charge is 0.480 e. The molecule has 0 aliphatic rings. The molecule has 0 fully saturated rings. The van der Waals surface area contributed by atoms with Crippen LogP contribution >= 0.6 is 0 Å². The molecule has 0 aliphatic carbocycles. The summed E-state index contributed by atoms with van der Waals surface area (Å²) < 4.78 is 0. The first-order valence-corrected chi connectivity index (χ1v) is 7.24. The lowest BCUT2D eigenvalue weighted by molar-refractivity contribution is -0.139. The molecule has 7 nitrogen and oxygen atoms in total. The van der Waals surface area contributed by atoms with Crippen LogP contribution in [0.4, 0.5) is 4.79 Å². The number of hydrogen-bond acceptors (Lipinski definition) is 3. The zero-order chi connectivity index (χ0) is 16.5. The van der Waals surface area contributed by atoms with Gasteiger partial charge in [-0.2, -0.15) is 0 Å². The van der Waals surface area contributed by atoms with Gasteiger partial charge in [0, 0.05) is 18.5 Å². The van der Waals surface area contributed by atoms with Crippen molar-refractivity contribution >= 4 is 17.9 Å². The minimum absolute atomic E-state index is 0.150. The smallest absolute Gasteiger partial charge is 0.326 e. The topological polar surface area (TPSA) is 108 Å². The predicted octanol–water partition coefficient (Wildman–Crippen LogP) is 1.23. The molecule has 3 amide bonds. The molecule has 4 N–H and O–H groups in total. The van der Waals surface area contributed by atoms with Crippen molar-refractivity contribution in [1.82, 2.24) is 16.0 Å². The van der Waals surface area contributed by atoms with Crippen LogP contribution in [0.5, 0.6) is 0 Å². The second kappa shape index (κ2) is 9.20. The molecule has 0 spiro atoms. The predicted molar refractivity (Wildman–Crippen MR) is 80.0 cm³/mol. The molecule has 0 bridgehead atoms. The lowest BCUT2D eigenvalue weighted by atomic mass is 10.1. The highest BCUT2D eigenvalue weighted by Gasteiger charge is 2.19. The molecule has 1 unspecified atom stereocenters. The Morgan fingerprint density at radius 2 is 1.81 bits per heavy atom. The molecule has 122 valence electrons. The van der Waals surface area contributed by atoms with Gasteiger partial charge in [-0.1, -0.05) is 19.8 Å². The van der Waals surface area contributed by atoms with Crippen molar-refractivity contribution in [2.24, 2.45) is 0 Å². The number of unbranched alkanes of at least 4 members (excludes halogenated alkanes) is 1. The molecule has 0 aromatic heterocycles. The number of carboxylic acid groups (broad SMARTS) is 1. The Morgan fingerprint density at radius 3 is 2.29 bits per heavy atom. The van der Waals surface area contributed by atoms with Crippen LogP contribution in [0.25, 0.3) is 0 Å². The third kappa shape index (κ3) is 10.6. The van der Waals surface area contributed by atoms with Gasteiger partial charge in [-0.15, -0.1) is 0 Å². The van der Waals surface area contributed by atoms with Crippen LogP contribution in [0.15, 0.2) is 0 Å². The highest BCUT2D eigenvalue weighted by Crippen LogP contribution is 2.01. The number of amides is 3. The second-order valence-electron chi connectivity index (χ2n) is 5.98. The van der Waals surface area contributed by atoms with Crippen LogP contribution in [0.2, 0.25) is 0 Å². The van der Waals surface area contributed by atoms with Crippen molar-refractivity contribution in [1.29, 1.82) is 0 Å². The fourth-order valence-corrected chi connectivity index (χ4v) is 1.65. The minimum atomic E-state index is -1.05. The van der Waals surface area contributed by atoms with E-state index < -0.39 is 18.0 Å². The summed E-state index contributed by atoms with van der Waals surface area (Å²) >= 11 is 0. The van der Waals surface area contributed by atoms with Gasteiger partial charge < -0.3 is 21.1 Å². The number of rotatable bonds is 8. The standard InChI is InChI=1S/C14H27N3O4/c1-5-6-7-10(12(19)20)16-13(21)15-9-8-11(18)17-14(2,3)4/h10H,5-9H2,1-4H3,(H,17,18)(H,19,20)(H2,15,16,21). The molecule has 0 aromatic carbocycles. The fourth-order valence-electron chi connectivity index (χ4n) is 1.65. The highest BCUT2D eigenvalue weighted by molar-refractivity contribution is 5.83. The van der Waals surface area contributed by atoms with E-state index in [1.165, 1.54) is 0 Å². The average molecular weight is 301 g/mol. The molecule has 0 aliphatic heterocycles. The van der Waals surface area contributed by atoms with Crippen LogP contribution in [-0.4, -0.2) is 41.1 Å². The summed E-state index contributed by atoms with van der Waals surface area (Å²) in [6.07, 6.45) is 2.13. The van der Waals surface area contributed by atoms with Crippen molar-refractivity contribution < 1.29 is 19.5 Å². The Balaban J connectivity index is 4.03. The number of aliphatic carboxylic acids is 1. The molecule has 0 saturated heterocycles. The van der Waals surface area contributed by atoms with E-state index in [4.69, 9.17) is 5.11 Å². The van der Waals surface area contributed by atoms with E-state index in [9.17, 15) is 14.4 Å². The zero-order valence-corrected chi connectivity index (χ0v) is 13.3. The summed E-state index contributed by atoms with van der Waals surface area (Å²) in [6.45, 7) is 7.73. The minimum Gasteiger partial charge on any atom is -0.480 e. The van der Waals surface area contributed by atoms with Crippen molar-refractivity contribution in [3.8, 4) is 0 Å². The number of nitrogens with one attached hydrogen (secondary N) is 3. The van der Waals surface area contributed by atoms with Crippen LogP contribution in [0, 0.1) is 0 Å². The normalized spacial score (nSPS) is 12.4. The van der Waals surface area contributed by atoms with Gasteiger partial charge in [0.25, 0.3) is 0 Å². The van der Waals surface area contributed by atoms with Gasteiger partial charge in [0.15, 0.2) is 0 Å². The van der Waals surface area contributed by atoms with Gasteiger partial charge >= 0.3 is 12.0 Å². The maximum atomic E-state index is 11.6. The van der Waals surface area contributed by atoms with Crippen molar-refractivity contribution in [3.63, 3.8) is 0 Å². The summed E-state index contributed by atoms with van der Waals surface area (Å²) in [6, 6.07) is -1.46. The van der Waals surface area contributed by atoms with Crippen LogP contribution < -0.4 is 16.0 Å². The summed E-state index contributed by atoms with van der Waals surface area (Å²) in [5, 5.41) is 16.6. The fraction of sp³-hybridized carbons (Fsp3) is 0.786. The summed E-state index contributed by atoms with van der Waals surface area (Å²) in [5.41, 5.74) is -0.312. The Bertz CT molecular complexity index is 364. The molecule has 0 rings (SSSR count). The van der Waals surface area contributed by atoms with E-state index in [1.807, 2.05) is 27.7 Å². The van der Waals surface area contributed by atoms with Crippen LogP contribution in [0.1, 0.15) is 53.4 Å². The lowest BCUT2D eigenvalue weighted by Crippen LogP contribution is -2.47.